The van der Waals surface area contributed by atoms with Crippen LogP contribution in [0, 0.1) is 0 Å². The molecule has 31 heavy (non-hydrogen) atoms. The number of rotatable bonds is 8. The summed E-state index contributed by atoms with van der Waals surface area (Å²) in [4.78, 5) is 0. The number of hydrogen-bond donors (Lipinski definition) is 0. The first-order valence-corrected chi connectivity index (χ1v) is 6.81. The molecule has 1 nitrogen and oxygen atoms in total. The van der Waals surface area contributed by atoms with Gasteiger partial charge in [0.15, 0.2) is 6.10 Å². The number of ether oxygens (including phenoxy) is 1. The van der Waals surface area contributed by atoms with Crippen LogP contribution in [0.2, 0.25) is 0 Å². The second-order valence-corrected chi connectivity index (χ2v) is 5.96. The van der Waals surface area contributed by atoms with Crippen molar-refractivity contribution in [3.63, 3.8) is 0 Å². The van der Waals surface area contributed by atoms with Crippen LogP contribution < -0.4 is 0 Å². The molecule has 0 aromatic carbocycles. The van der Waals surface area contributed by atoms with Gasteiger partial charge in [-0.2, -0.15) is 83.4 Å². The van der Waals surface area contributed by atoms with Gasteiger partial charge in [-0.15, -0.1) is 0 Å². The molecule has 0 bridgehead atoms. The zero-order chi connectivity index (χ0) is 25.5. The molecule has 186 valence electrons. The molecule has 1 atom stereocenters. The summed E-state index contributed by atoms with van der Waals surface area (Å²) in [6, 6.07) is 0. The third kappa shape index (κ3) is 3.20. The van der Waals surface area contributed by atoms with Crippen LogP contribution in [0.5, 0.6) is 0 Å². The molecule has 20 heteroatoms. The molecule has 1 fully saturated rings. The van der Waals surface area contributed by atoms with Crippen LogP contribution in [0.1, 0.15) is 0 Å². The summed E-state index contributed by atoms with van der Waals surface area (Å²) < 4.78 is 249. The van der Waals surface area contributed by atoms with Gasteiger partial charge in [-0.3, -0.25) is 0 Å². The molecule has 1 aliphatic rings. The molecule has 0 N–H and O–H groups in total. The molecule has 0 amide bonds. The molecule has 1 rings (SSSR count). The van der Waals surface area contributed by atoms with Gasteiger partial charge in [-0.25, -0.2) is 0 Å². The van der Waals surface area contributed by atoms with E-state index in [1.807, 2.05) is 0 Å². The minimum absolute atomic E-state index is 1.58. The Balaban J connectivity index is 3.65. The van der Waals surface area contributed by atoms with E-state index in [1.165, 1.54) is 0 Å². The van der Waals surface area contributed by atoms with Crippen LogP contribution in [-0.2, 0) is 4.74 Å². The van der Waals surface area contributed by atoms with Gasteiger partial charge in [-0.1, -0.05) is 0 Å². The van der Waals surface area contributed by atoms with E-state index in [1.54, 1.807) is 0 Å². The van der Waals surface area contributed by atoms with E-state index < -0.39 is 66.3 Å². The van der Waals surface area contributed by atoms with Crippen molar-refractivity contribution in [2.24, 2.45) is 0 Å². The maximum Gasteiger partial charge on any atom is 0.460 e. The summed E-state index contributed by atoms with van der Waals surface area (Å²) >= 11 is 0. The average molecular weight is 512 g/mol. The Morgan fingerprint density at radius 3 is 0.839 bits per heavy atom. The monoisotopic (exact) mass is 512 g/mol. The molecule has 1 unspecified atom stereocenters. The fourth-order valence-corrected chi connectivity index (χ4v) is 1.83. The van der Waals surface area contributed by atoms with Crippen molar-refractivity contribution >= 4 is 0 Å². The van der Waals surface area contributed by atoms with Gasteiger partial charge in [-0.05, 0) is 0 Å². The van der Waals surface area contributed by atoms with E-state index in [0.29, 0.717) is 0 Å². The van der Waals surface area contributed by atoms with Gasteiger partial charge < -0.3 is 4.74 Å². The zero-order valence-corrected chi connectivity index (χ0v) is 13.4. The van der Waals surface area contributed by atoms with Crippen molar-refractivity contribution in [2.45, 2.75) is 59.7 Å². The summed E-state index contributed by atoms with van der Waals surface area (Å²) in [7, 11) is 0. The molecule has 0 saturated carbocycles. The van der Waals surface area contributed by atoms with Crippen LogP contribution in [0.3, 0.4) is 0 Å². The van der Waals surface area contributed by atoms with Crippen molar-refractivity contribution < 1.29 is 88.2 Å². The summed E-state index contributed by atoms with van der Waals surface area (Å²) in [5.41, 5.74) is 0. The fraction of sp³-hybridized carbons (Fsp3) is 1.00. The van der Waals surface area contributed by atoms with Gasteiger partial charge in [0.2, 0.25) is 0 Å². The molecule has 0 aliphatic carbocycles. The number of hydrogen-bond acceptors (Lipinski definition) is 1. The Bertz CT molecular complexity index is 683. The lowest BCUT2D eigenvalue weighted by Crippen LogP contribution is -2.76. The maximum atomic E-state index is 13.3. The number of epoxide rings is 1. The predicted octanol–water partition coefficient (Wildman–Crippen LogP) is 6.03. The van der Waals surface area contributed by atoms with Crippen molar-refractivity contribution in [3.8, 4) is 0 Å². The Kier molecular flexibility index (Phi) is 5.87. The highest BCUT2D eigenvalue weighted by atomic mass is 19.4. The molecular formula is C11H3F19O. The van der Waals surface area contributed by atoms with Crippen molar-refractivity contribution in [3.05, 3.63) is 0 Å². The molecule has 0 aromatic heterocycles. The molecule has 1 saturated heterocycles. The predicted molar refractivity (Wildman–Crippen MR) is 55.4 cm³/mol. The van der Waals surface area contributed by atoms with E-state index in [2.05, 4.69) is 4.74 Å². The molecule has 0 spiro atoms. The fourth-order valence-electron chi connectivity index (χ4n) is 1.83. The van der Waals surface area contributed by atoms with Crippen molar-refractivity contribution in [2.75, 3.05) is 6.61 Å². The maximum absolute atomic E-state index is 13.3. The normalized spacial score (nSPS) is 20.8. The first-order valence-electron chi connectivity index (χ1n) is 6.81. The molecule has 1 heterocycles. The molecule has 0 aromatic rings. The van der Waals surface area contributed by atoms with E-state index in [-0.39, 0.29) is 0 Å². The highest BCUT2D eigenvalue weighted by Crippen LogP contribution is 2.65. The van der Waals surface area contributed by atoms with Crippen LogP contribution >= 0.6 is 0 Å². The second-order valence-electron chi connectivity index (χ2n) is 5.96. The smallest absolute Gasteiger partial charge is 0.366 e. The minimum atomic E-state index is -8.88. The zero-order valence-electron chi connectivity index (χ0n) is 13.4. The number of alkyl halides is 19. The van der Waals surface area contributed by atoms with Gasteiger partial charge in [0.1, 0.15) is 0 Å². The average Bonchev–Trinajstić information content (AvgIpc) is 3.37. The van der Waals surface area contributed by atoms with Crippen LogP contribution in [0.15, 0.2) is 0 Å². The van der Waals surface area contributed by atoms with E-state index in [0.717, 1.165) is 0 Å². The lowest BCUT2D eigenvalue weighted by atomic mass is 9.87. The summed E-state index contributed by atoms with van der Waals surface area (Å²) in [5.74, 6) is -66.2. The highest BCUT2D eigenvalue weighted by Gasteiger charge is 2.97. The third-order valence-corrected chi connectivity index (χ3v) is 3.88. The Labute approximate surface area is 156 Å². The van der Waals surface area contributed by atoms with Gasteiger partial charge in [0, 0.05) is 0 Å². The van der Waals surface area contributed by atoms with Gasteiger partial charge >= 0.3 is 53.6 Å². The first kappa shape index (κ1) is 27.7. The summed E-state index contributed by atoms with van der Waals surface area (Å²) in [6.07, 6.45) is -11.2. The molecular weight excluding hydrogens is 509 g/mol. The summed E-state index contributed by atoms with van der Waals surface area (Å²) in [6.45, 7) is -1.58. The SMILES string of the molecule is FC(F)(F)C(F)(F)C(F)(F)C(F)(F)C(F)(F)C(F)(F)C(F)(F)C(F)(F)C(F)(F)C1CO1. The lowest BCUT2D eigenvalue weighted by molar-refractivity contribution is -0.469. The Morgan fingerprint density at radius 2 is 0.613 bits per heavy atom. The van der Waals surface area contributed by atoms with Gasteiger partial charge in [0.25, 0.3) is 0 Å². The largest absolute Gasteiger partial charge is 0.460 e. The van der Waals surface area contributed by atoms with Crippen molar-refractivity contribution in [1.82, 2.24) is 0 Å². The van der Waals surface area contributed by atoms with E-state index >= 15 is 0 Å². The lowest BCUT2D eigenvalue weighted by Gasteiger charge is -2.43. The van der Waals surface area contributed by atoms with Gasteiger partial charge in [0.05, 0.1) is 6.61 Å². The Hall–Kier alpha value is -1.37. The number of halogens is 19. The van der Waals surface area contributed by atoms with Crippen LogP contribution in [-0.4, -0.2) is 66.3 Å². The third-order valence-electron chi connectivity index (χ3n) is 3.88. The standard InChI is InChI=1S/C11H3F19O/c12-3(13,2-1-31-2)4(14,15)5(16,17)6(18,19)7(20,21)8(22,23)9(24,25)10(26,27)11(28,29)30/h2H,1H2. The molecule has 1 aliphatic heterocycles. The van der Waals surface area contributed by atoms with Crippen molar-refractivity contribution in [1.29, 1.82) is 0 Å². The Morgan fingerprint density at radius 1 is 0.387 bits per heavy atom. The first-order chi connectivity index (χ1) is 13.1. The molecule has 0 radical (unpaired) electrons. The summed E-state index contributed by atoms with van der Waals surface area (Å²) in [5, 5.41) is 0. The highest BCUT2D eigenvalue weighted by molar-refractivity contribution is 5.17. The van der Waals surface area contributed by atoms with E-state index in [9.17, 15) is 83.4 Å². The quantitative estimate of drug-likeness (QED) is 0.286. The second kappa shape index (κ2) is 6.58. The van der Waals surface area contributed by atoms with Crippen LogP contribution in [0.25, 0.3) is 0 Å². The topological polar surface area (TPSA) is 12.5 Å². The van der Waals surface area contributed by atoms with E-state index in [4.69, 9.17) is 0 Å². The van der Waals surface area contributed by atoms with Crippen LogP contribution in [0.4, 0.5) is 83.4 Å². The minimum Gasteiger partial charge on any atom is -0.366 e.